The molecule has 0 saturated carbocycles. The first kappa shape index (κ1) is 16.2. The minimum Gasteiger partial charge on any atom is -0.360 e. The van der Waals surface area contributed by atoms with Crippen molar-refractivity contribution in [2.75, 3.05) is 11.9 Å². The zero-order chi connectivity index (χ0) is 16.9. The van der Waals surface area contributed by atoms with Gasteiger partial charge in [0.25, 0.3) is 0 Å². The Hall–Kier alpha value is -2.67. The van der Waals surface area contributed by atoms with Gasteiger partial charge < -0.3 is 9.84 Å². The lowest BCUT2D eigenvalue weighted by Crippen LogP contribution is -2.30. The Morgan fingerprint density at radius 3 is 2.75 bits per heavy atom. The van der Waals surface area contributed by atoms with Gasteiger partial charge in [0.15, 0.2) is 5.82 Å². The summed E-state index contributed by atoms with van der Waals surface area (Å²) in [6, 6.07) is 11.5. The van der Waals surface area contributed by atoms with Crippen molar-refractivity contribution < 1.29 is 9.32 Å². The van der Waals surface area contributed by atoms with Gasteiger partial charge in [-0.05, 0) is 13.8 Å². The highest BCUT2D eigenvalue weighted by Gasteiger charge is 2.10. The molecule has 3 rings (SSSR count). The quantitative estimate of drug-likeness (QED) is 0.739. The lowest BCUT2D eigenvalue weighted by molar-refractivity contribution is 0.252. The Morgan fingerprint density at radius 2 is 2.04 bits per heavy atom. The highest BCUT2D eigenvalue weighted by atomic mass is 32.1. The standard InChI is InChI=1S/C17H18N4O2S/c1-11-10-14(21-23-11)19-17(22)18-9-8-15-20-16(12(2)24-15)13-6-4-3-5-7-13/h3-7,10H,8-9H2,1-2H3,(H2,18,19,21,22). The molecule has 2 N–H and O–H groups in total. The van der Waals surface area contributed by atoms with Crippen LogP contribution in [0.5, 0.6) is 0 Å². The van der Waals surface area contributed by atoms with Crippen LogP contribution in [0.1, 0.15) is 15.6 Å². The van der Waals surface area contributed by atoms with Crippen LogP contribution in [-0.4, -0.2) is 22.7 Å². The van der Waals surface area contributed by atoms with Crippen molar-refractivity contribution in [2.24, 2.45) is 0 Å². The second-order valence-electron chi connectivity index (χ2n) is 5.33. The van der Waals surface area contributed by atoms with Crippen LogP contribution in [0.25, 0.3) is 11.3 Å². The molecule has 2 heterocycles. The second kappa shape index (κ2) is 7.27. The van der Waals surface area contributed by atoms with E-state index in [4.69, 9.17) is 4.52 Å². The van der Waals surface area contributed by atoms with Crippen molar-refractivity contribution in [2.45, 2.75) is 20.3 Å². The molecule has 0 fully saturated rings. The van der Waals surface area contributed by atoms with E-state index in [0.29, 0.717) is 24.5 Å². The summed E-state index contributed by atoms with van der Waals surface area (Å²) in [5, 5.41) is 10.1. The zero-order valence-electron chi connectivity index (χ0n) is 13.5. The van der Waals surface area contributed by atoms with Gasteiger partial charge in [-0.1, -0.05) is 35.5 Å². The molecule has 3 aromatic rings. The number of nitrogens with zero attached hydrogens (tertiary/aromatic N) is 2. The van der Waals surface area contributed by atoms with E-state index in [0.717, 1.165) is 16.3 Å². The van der Waals surface area contributed by atoms with E-state index in [1.807, 2.05) is 18.2 Å². The fourth-order valence-corrected chi connectivity index (χ4v) is 3.25. The largest absolute Gasteiger partial charge is 0.360 e. The van der Waals surface area contributed by atoms with E-state index in [1.54, 1.807) is 24.3 Å². The lowest BCUT2D eigenvalue weighted by Gasteiger charge is -2.03. The molecule has 0 aliphatic rings. The molecule has 0 spiro atoms. The maximum absolute atomic E-state index is 11.8. The van der Waals surface area contributed by atoms with Gasteiger partial charge in [-0.2, -0.15) is 0 Å². The summed E-state index contributed by atoms with van der Waals surface area (Å²) in [5.41, 5.74) is 2.13. The van der Waals surface area contributed by atoms with Crippen molar-refractivity contribution in [1.29, 1.82) is 0 Å². The molecular formula is C17H18N4O2S. The van der Waals surface area contributed by atoms with E-state index in [9.17, 15) is 4.79 Å². The van der Waals surface area contributed by atoms with Crippen LogP contribution in [0.4, 0.5) is 10.6 Å². The number of hydrogen-bond donors (Lipinski definition) is 2. The smallest absolute Gasteiger partial charge is 0.320 e. The first-order chi connectivity index (χ1) is 11.6. The maximum Gasteiger partial charge on any atom is 0.320 e. The highest BCUT2D eigenvalue weighted by Crippen LogP contribution is 2.27. The fraction of sp³-hybridized carbons (Fsp3) is 0.235. The van der Waals surface area contributed by atoms with Crippen molar-refractivity contribution in [3.05, 3.63) is 52.0 Å². The zero-order valence-corrected chi connectivity index (χ0v) is 14.3. The lowest BCUT2D eigenvalue weighted by atomic mass is 10.1. The van der Waals surface area contributed by atoms with E-state index >= 15 is 0 Å². The summed E-state index contributed by atoms with van der Waals surface area (Å²) in [7, 11) is 0. The number of aryl methyl sites for hydroxylation is 2. The minimum atomic E-state index is -0.306. The first-order valence-corrected chi connectivity index (χ1v) is 8.43. The normalized spacial score (nSPS) is 10.6. The summed E-state index contributed by atoms with van der Waals surface area (Å²) < 4.78 is 4.90. The van der Waals surface area contributed by atoms with Gasteiger partial charge in [-0.25, -0.2) is 9.78 Å². The van der Waals surface area contributed by atoms with Gasteiger partial charge in [0.2, 0.25) is 0 Å². The predicted octanol–water partition coefficient (Wildman–Crippen LogP) is 3.78. The molecule has 124 valence electrons. The average Bonchev–Trinajstić information content (AvgIpc) is 3.14. The Morgan fingerprint density at radius 1 is 1.25 bits per heavy atom. The number of anilines is 1. The third kappa shape index (κ3) is 3.99. The van der Waals surface area contributed by atoms with Crippen molar-refractivity contribution in [1.82, 2.24) is 15.5 Å². The predicted molar refractivity (Wildman–Crippen MR) is 94.3 cm³/mol. The van der Waals surface area contributed by atoms with Crippen LogP contribution in [-0.2, 0) is 6.42 Å². The summed E-state index contributed by atoms with van der Waals surface area (Å²) in [6.45, 7) is 4.34. The van der Waals surface area contributed by atoms with Crippen LogP contribution < -0.4 is 10.6 Å². The van der Waals surface area contributed by atoms with E-state index in [-0.39, 0.29) is 6.03 Å². The van der Waals surface area contributed by atoms with Crippen LogP contribution in [0.3, 0.4) is 0 Å². The average molecular weight is 342 g/mol. The maximum atomic E-state index is 11.8. The number of hydrogen-bond acceptors (Lipinski definition) is 5. The summed E-state index contributed by atoms with van der Waals surface area (Å²) in [4.78, 5) is 17.6. The SMILES string of the molecule is Cc1cc(NC(=O)NCCc2nc(-c3ccccc3)c(C)s2)no1. The van der Waals surface area contributed by atoms with Gasteiger partial charge in [0, 0.05) is 29.5 Å². The topological polar surface area (TPSA) is 80.0 Å². The molecule has 6 nitrogen and oxygen atoms in total. The molecular weight excluding hydrogens is 324 g/mol. The second-order valence-corrected chi connectivity index (χ2v) is 6.62. The van der Waals surface area contributed by atoms with Gasteiger partial charge in [-0.15, -0.1) is 11.3 Å². The Bertz CT molecular complexity index is 826. The minimum absolute atomic E-state index is 0.306. The fourth-order valence-electron chi connectivity index (χ4n) is 2.29. The molecule has 2 aromatic heterocycles. The van der Waals surface area contributed by atoms with Crippen LogP contribution in [0.15, 0.2) is 40.9 Å². The molecule has 0 aliphatic heterocycles. The number of aromatic nitrogens is 2. The van der Waals surface area contributed by atoms with Crippen LogP contribution in [0.2, 0.25) is 0 Å². The molecule has 0 saturated heterocycles. The van der Waals surface area contributed by atoms with E-state index < -0.39 is 0 Å². The third-order valence-electron chi connectivity index (χ3n) is 3.38. The third-order valence-corrected chi connectivity index (χ3v) is 4.41. The number of carbonyl (C=O) groups is 1. The Labute approximate surface area is 143 Å². The Balaban J connectivity index is 1.53. The number of thiazole rings is 1. The van der Waals surface area contributed by atoms with Crippen LogP contribution in [0, 0.1) is 13.8 Å². The molecule has 0 bridgehead atoms. The molecule has 7 heteroatoms. The molecule has 0 atom stereocenters. The highest BCUT2D eigenvalue weighted by molar-refractivity contribution is 7.12. The molecule has 0 radical (unpaired) electrons. The van der Waals surface area contributed by atoms with Gasteiger partial charge in [-0.3, -0.25) is 5.32 Å². The Kier molecular flexibility index (Phi) is 4.90. The van der Waals surface area contributed by atoms with Crippen molar-refractivity contribution in [3.8, 4) is 11.3 Å². The number of rotatable bonds is 5. The number of nitrogens with one attached hydrogen (secondary N) is 2. The number of carbonyl (C=O) groups excluding carboxylic acids is 1. The summed E-state index contributed by atoms with van der Waals surface area (Å²) >= 11 is 1.66. The molecule has 0 unspecified atom stereocenters. The first-order valence-electron chi connectivity index (χ1n) is 7.62. The van der Waals surface area contributed by atoms with Gasteiger partial charge in [0.1, 0.15) is 5.76 Å². The van der Waals surface area contributed by atoms with Crippen LogP contribution >= 0.6 is 11.3 Å². The van der Waals surface area contributed by atoms with Crippen molar-refractivity contribution in [3.63, 3.8) is 0 Å². The number of amides is 2. The molecule has 0 aliphatic carbocycles. The molecule has 2 amide bonds. The summed E-state index contributed by atoms with van der Waals surface area (Å²) in [6.07, 6.45) is 0.684. The van der Waals surface area contributed by atoms with E-state index in [1.165, 1.54) is 4.88 Å². The van der Waals surface area contributed by atoms with Crippen molar-refractivity contribution >= 4 is 23.2 Å². The number of benzene rings is 1. The van der Waals surface area contributed by atoms with E-state index in [2.05, 4.69) is 39.8 Å². The monoisotopic (exact) mass is 342 g/mol. The number of urea groups is 1. The molecule has 24 heavy (non-hydrogen) atoms. The summed E-state index contributed by atoms with van der Waals surface area (Å²) in [5.74, 6) is 1.05. The van der Waals surface area contributed by atoms with Gasteiger partial charge >= 0.3 is 6.03 Å². The van der Waals surface area contributed by atoms with Gasteiger partial charge in [0.05, 0.1) is 10.7 Å². The molecule has 1 aromatic carbocycles.